The lowest BCUT2D eigenvalue weighted by Crippen LogP contribution is -2.39. The van der Waals surface area contributed by atoms with Crippen LogP contribution in [0.5, 0.6) is 0 Å². The van der Waals surface area contributed by atoms with Gasteiger partial charge >= 0.3 is 0 Å². The number of carbonyl (C=O) groups excluding carboxylic acids is 2. The Morgan fingerprint density at radius 3 is 2.56 bits per heavy atom. The summed E-state index contributed by atoms with van der Waals surface area (Å²) in [4.78, 5) is 31.3. The molecule has 0 spiro atoms. The van der Waals surface area contributed by atoms with E-state index >= 15 is 0 Å². The van der Waals surface area contributed by atoms with Crippen molar-refractivity contribution in [3.8, 4) is 0 Å². The van der Waals surface area contributed by atoms with Crippen molar-refractivity contribution in [2.24, 2.45) is 5.41 Å². The average molecular weight is 470 g/mol. The summed E-state index contributed by atoms with van der Waals surface area (Å²) >= 11 is 12.9. The Kier molecular flexibility index (Phi) is 5.91. The van der Waals surface area contributed by atoms with Crippen LogP contribution in [-0.2, 0) is 9.59 Å². The minimum absolute atomic E-state index is 0.0104. The number of allylic oxidation sites excluding steroid dienone is 3. The number of carbonyl (C=O) groups is 2. The van der Waals surface area contributed by atoms with Crippen LogP contribution in [0.3, 0.4) is 0 Å². The van der Waals surface area contributed by atoms with Gasteiger partial charge in [-0.3, -0.25) is 9.59 Å². The van der Waals surface area contributed by atoms with Gasteiger partial charge in [0.2, 0.25) is 0 Å². The first-order valence-corrected chi connectivity index (χ1v) is 11.3. The zero-order chi connectivity index (χ0) is 23.2. The van der Waals surface area contributed by atoms with Gasteiger partial charge in [0.25, 0.3) is 5.91 Å². The Hall–Kier alpha value is -2.63. The van der Waals surface area contributed by atoms with Crippen LogP contribution in [0.1, 0.15) is 50.8 Å². The predicted molar refractivity (Wildman–Crippen MR) is 128 cm³/mol. The molecule has 0 saturated carbocycles. The monoisotopic (exact) mass is 469 g/mol. The maximum absolute atomic E-state index is 13.5. The second-order valence-corrected chi connectivity index (χ2v) is 9.98. The smallest absolute Gasteiger partial charge is 0.255 e. The first-order valence-electron chi connectivity index (χ1n) is 10.5. The zero-order valence-corrected chi connectivity index (χ0v) is 20.0. The highest BCUT2D eigenvalue weighted by Gasteiger charge is 2.43. The fraction of sp³-hybridized carbons (Fsp3) is 0.320. The maximum atomic E-state index is 13.5. The largest absolute Gasteiger partial charge is 0.362 e. The Bertz CT molecular complexity index is 1200. The summed E-state index contributed by atoms with van der Waals surface area (Å²) in [5, 5.41) is 6.96. The van der Waals surface area contributed by atoms with Crippen LogP contribution in [0.25, 0.3) is 0 Å². The SMILES string of the molecule is CC1=C(C(=O)Nc2cccc(C)n2)[C@H](c2cccc(Cl)c2Cl)C2=C(CC(C)(C)CC2=O)N1. The quantitative estimate of drug-likeness (QED) is 0.583. The lowest BCUT2D eigenvalue weighted by molar-refractivity contribution is -0.118. The molecule has 0 bridgehead atoms. The molecule has 0 unspecified atom stereocenters. The second kappa shape index (κ2) is 8.38. The summed E-state index contributed by atoms with van der Waals surface area (Å²) in [5.41, 5.74) is 3.81. The normalized spacial score (nSPS) is 20.1. The molecule has 1 aliphatic heterocycles. The number of aromatic nitrogens is 1. The summed E-state index contributed by atoms with van der Waals surface area (Å²) in [6.45, 7) is 7.85. The molecule has 166 valence electrons. The molecule has 1 amide bonds. The molecular formula is C25H25Cl2N3O2. The zero-order valence-electron chi connectivity index (χ0n) is 18.5. The first-order chi connectivity index (χ1) is 15.1. The number of rotatable bonds is 3. The second-order valence-electron chi connectivity index (χ2n) is 9.19. The van der Waals surface area contributed by atoms with Crippen LogP contribution in [-0.4, -0.2) is 16.7 Å². The number of anilines is 1. The summed E-state index contributed by atoms with van der Waals surface area (Å²) in [6, 6.07) is 10.7. The van der Waals surface area contributed by atoms with Gasteiger partial charge in [0.05, 0.1) is 10.0 Å². The van der Waals surface area contributed by atoms with Gasteiger partial charge in [-0.15, -0.1) is 0 Å². The molecule has 2 aromatic rings. The van der Waals surface area contributed by atoms with Gasteiger partial charge < -0.3 is 10.6 Å². The lowest BCUT2D eigenvalue weighted by Gasteiger charge is -2.39. The van der Waals surface area contributed by atoms with Gasteiger partial charge in [0, 0.05) is 40.6 Å². The third-order valence-electron chi connectivity index (χ3n) is 5.91. The highest BCUT2D eigenvalue weighted by molar-refractivity contribution is 6.42. The Labute approximate surface area is 197 Å². The molecule has 7 heteroatoms. The topological polar surface area (TPSA) is 71.1 Å². The number of benzene rings is 1. The Balaban J connectivity index is 1.85. The highest BCUT2D eigenvalue weighted by Crippen LogP contribution is 2.48. The molecule has 4 rings (SSSR count). The van der Waals surface area contributed by atoms with Gasteiger partial charge in [-0.2, -0.15) is 0 Å². The molecule has 1 aromatic heterocycles. The fourth-order valence-corrected chi connectivity index (χ4v) is 5.00. The molecule has 1 aliphatic carbocycles. The van der Waals surface area contributed by atoms with Crippen molar-refractivity contribution in [2.75, 3.05) is 5.32 Å². The summed E-state index contributed by atoms with van der Waals surface area (Å²) in [7, 11) is 0. The van der Waals surface area contributed by atoms with E-state index in [9.17, 15) is 9.59 Å². The van der Waals surface area contributed by atoms with E-state index in [2.05, 4.69) is 29.5 Å². The van der Waals surface area contributed by atoms with Gasteiger partial charge in [-0.1, -0.05) is 55.2 Å². The molecular weight excluding hydrogens is 445 g/mol. The number of Topliss-reactive ketones (excluding diaryl/α,β-unsaturated/α-hetero) is 1. The minimum Gasteiger partial charge on any atom is -0.362 e. The summed E-state index contributed by atoms with van der Waals surface area (Å²) in [5.74, 6) is -0.498. The third-order valence-corrected chi connectivity index (χ3v) is 6.74. The van der Waals surface area contributed by atoms with E-state index in [0.29, 0.717) is 51.1 Å². The van der Waals surface area contributed by atoms with E-state index in [0.717, 1.165) is 11.4 Å². The van der Waals surface area contributed by atoms with Crippen molar-refractivity contribution in [1.29, 1.82) is 0 Å². The van der Waals surface area contributed by atoms with E-state index in [4.69, 9.17) is 23.2 Å². The van der Waals surface area contributed by atoms with E-state index in [1.165, 1.54) is 0 Å². The summed E-state index contributed by atoms with van der Waals surface area (Å²) < 4.78 is 0. The van der Waals surface area contributed by atoms with Crippen LogP contribution in [0.2, 0.25) is 10.0 Å². The first kappa shape index (κ1) is 22.6. The lowest BCUT2D eigenvalue weighted by atomic mass is 9.68. The Morgan fingerprint density at radius 1 is 1.12 bits per heavy atom. The molecule has 2 aliphatic rings. The van der Waals surface area contributed by atoms with Crippen LogP contribution in [0, 0.1) is 12.3 Å². The van der Waals surface area contributed by atoms with E-state index in [1.807, 2.05) is 32.0 Å². The fourth-order valence-electron chi connectivity index (χ4n) is 4.59. The third kappa shape index (κ3) is 4.19. The van der Waals surface area contributed by atoms with E-state index < -0.39 is 5.92 Å². The number of amides is 1. The molecule has 5 nitrogen and oxygen atoms in total. The van der Waals surface area contributed by atoms with Gasteiger partial charge in [0.1, 0.15) is 5.82 Å². The number of aryl methyl sites for hydroxylation is 1. The van der Waals surface area contributed by atoms with Crippen molar-refractivity contribution in [3.63, 3.8) is 0 Å². The van der Waals surface area contributed by atoms with Crippen molar-refractivity contribution in [1.82, 2.24) is 10.3 Å². The van der Waals surface area contributed by atoms with Crippen LogP contribution < -0.4 is 10.6 Å². The molecule has 2 heterocycles. The molecule has 2 N–H and O–H groups in total. The number of hydrogen-bond donors (Lipinski definition) is 2. The van der Waals surface area contributed by atoms with Gasteiger partial charge in [-0.25, -0.2) is 4.98 Å². The number of nitrogens with one attached hydrogen (secondary N) is 2. The number of nitrogens with zero attached hydrogens (tertiary/aromatic N) is 1. The molecule has 32 heavy (non-hydrogen) atoms. The number of halogens is 2. The molecule has 1 aromatic carbocycles. The number of pyridine rings is 1. The molecule has 0 fully saturated rings. The molecule has 1 atom stereocenters. The Morgan fingerprint density at radius 2 is 1.84 bits per heavy atom. The van der Waals surface area contributed by atoms with E-state index in [1.54, 1.807) is 18.2 Å². The van der Waals surface area contributed by atoms with Crippen molar-refractivity contribution < 1.29 is 9.59 Å². The summed E-state index contributed by atoms with van der Waals surface area (Å²) in [6.07, 6.45) is 1.10. The van der Waals surface area contributed by atoms with Gasteiger partial charge in [0.15, 0.2) is 5.78 Å². The standard InChI is InChI=1S/C25H25Cl2N3O2/c1-13-7-5-10-19(28-13)30-24(32)20-14(2)29-17-11-25(3,4)12-18(31)22(17)21(20)15-8-6-9-16(26)23(15)27/h5-10,21,29H,11-12H2,1-4H3,(H,28,30,32)/t21-/m0/s1. The van der Waals surface area contributed by atoms with Gasteiger partial charge in [-0.05, 0) is 49.4 Å². The predicted octanol–water partition coefficient (Wildman–Crippen LogP) is 5.94. The number of ketones is 1. The van der Waals surface area contributed by atoms with Crippen molar-refractivity contribution in [3.05, 3.63) is 80.2 Å². The minimum atomic E-state index is -0.620. The average Bonchev–Trinajstić information content (AvgIpc) is 2.68. The van der Waals surface area contributed by atoms with Crippen LogP contribution in [0.15, 0.2) is 58.9 Å². The van der Waals surface area contributed by atoms with Crippen molar-refractivity contribution >= 4 is 40.7 Å². The van der Waals surface area contributed by atoms with E-state index in [-0.39, 0.29) is 17.1 Å². The maximum Gasteiger partial charge on any atom is 0.255 e. The molecule has 0 saturated heterocycles. The number of hydrogen-bond acceptors (Lipinski definition) is 4. The van der Waals surface area contributed by atoms with Crippen LogP contribution in [0.4, 0.5) is 5.82 Å². The molecule has 0 radical (unpaired) electrons. The highest BCUT2D eigenvalue weighted by atomic mass is 35.5. The van der Waals surface area contributed by atoms with Crippen LogP contribution >= 0.6 is 23.2 Å². The number of dihydropyridines is 1. The van der Waals surface area contributed by atoms with Crippen molar-refractivity contribution in [2.45, 2.75) is 46.5 Å².